The molecule has 0 fully saturated rings. The van der Waals surface area contributed by atoms with Crippen molar-refractivity contribution in [2.75, 3.05) is 33.0 Å². The van der Waals surface area contributed by atoms with Crippen molar-refractivity contribution < 1.29 is 23.7 Å². The third-order valence-corrected chi connectivity index (χ3v) is 9.00. The molecule has 5 rings (SSSR count). The summed E-state index contributed by atoms with van der Waals surface area (Å²) < 4.78 is 28.3. The lowest BCUT2D eigenvalue weighted by molar-refractivity contribution is 0.196. The van der Waals surface area contributed by atoms with Crippen molar-refractivity contribution in [3.63, 3.8) is 0 Å². The Labute approximate surface area is 445 Å². The summed E-state index contributed by atoms with van der Waals surface area (Å²) in [6, 6.07) is 38.5. The van der Waals surface area contributed by atoms with Gasteiger partial charge in [0.05, 0.1) is 44.4 Å². The van der Waals surface area contributed by atoms with Crippen LogP contribution < -0.4 is 63.8 Å². The van der Waals surface area contributed by atoms with E-state index in [0.29, 0.717) is 45.1 Å². The number of benzene rings is 5. The van der Waals surface area contributed by atoms with Crippen LogP contribution in [0.25, 0.3) is 0 Å². The van der Waals surface area contributed by atoms with Crippen LogP contribution in [0.5, 0.6) is 28.7 Å². The molecule has 0 radical (unpaired) electrons. The van der Waals surface area contributed by atoms with Crippen molar-refractivity contribution in [2.24, 2.45) is 77.2 Å². The Kier molecular flexibility index (Phi) is 28.3. The first-order chi connectivity index (χ1) is 34.3. The molecule has 14 nitrogen and oxygen atoms in total. The molecule has 14 heteroatoms. The molecule has 0 amide bonds. The van der Waals surface area contributed by atoms with Gasteiger partial charge in [0.2, 0.25) is 0 Å². The fourth-order valence-electron chi connectivity index (χ4n) is 5.35. The van der Waals surface area contributed by atoms with E-state index in [0.717, 1.165) is 64.3 Å². The summed E-state index contributed by atoms with van der Waals surface area (Å²) in [6.07, 6.45) is 0. The minimum Gasteiger partial charge on any atom is -0.493 e. The second-order valence-electron chi connectivity index (χ2n) is 23.8. The van der Waals surface area contributed by atoms with E-state index in [1.165, 1.54) is 0 Å². The zero-order valence-electron chi connectivity index (χ0n) is 47.7. The molecule has 0 bridgehead atoms. The summed E-state index contributed by atoms with van der Waals surface area (Å²) in [4.78, 5) is 7.88. The molecule has 410 valence electrons. The molecule has 0 aliphatic carbocycles. The molecular weight excluding hydrogens is 927 g/mol. The second kappa shape index (κ2) is 32.0. The summed E-state index contributed by atoms with van der Waals surface area (Å²) in [5.74, 6) is 4.43. The second-order valence-corrected chi connectivity index (χ2v) is 23.8. The van der Waals surface area contributed by atoms with E-state index in [9.17, 15) is 0 Å². The lowest BCUT2D eigenvalue weighted by Crippen LogP contribution is -2.21. The monoisotopic (exact) mass is 1020 g/mol. The maximum atomic E-state index is 5.71. The Hall–Kier alpha value is -6.48. The average molecular weight is 1020 g/mol. The standard InChI is InChI=1S/2C12H19N3O.3C12H19NO/c1-12(2,3)8-16-10-6-4-9(5-7-10)15-11(13)14;1-12(2,3)8-16-10-6-4-5-9(7-10)15-11(13)14;1-12(2,3)9-14-11-6-4-10(8-13)5-7-11;1-12(2,3)9-14-11-6-4-5-10(7-11)8-13;1-12(2,3)9-14-11-7-5-4-6-10(11)8-13/h2*4-7H,8H2,1-3H3,(H4,13,14,15);3*4-7H,8-9,13H2,1-3H3. The first-order valence-electron chi connectivity index (χ1n) is 25.2. The van der Waals surface area contributed by atoms with Crippen LogP contribution in [0.15, 0.2) is 131 Å². The number of hydrogen-bond acceptors (Lipinski definition) is 10. The molecular formula is C60H95N9O5. The molecule has 0 unspecified atom stereocenters. The van der Waals surface area contributed by atoms with Crippen LogP contribution in [-0.4, -0.2) is 45.0 Å². The fourth-order valence-corrected chi connectivity index (χ4v) is 5.35. The molecule has 0 aliphatic heterocycles. The minimum absolute atomic E-state index is 0.0490. The summed E-state index contributed by atoms with van der Waals surface area (Å²) in [6.45, 7) is 37.3. The minimum atomic E-state index is 0.0490. The molecule has 0 spiro atoms. The van der Waals surface area contributed by atoms with Crippen LogP contribution in [-0.2, 0) is 19.6 Å². The van der Waals surface area contributed by atoms with E-state index in [1.54, 1.807) is 0 Å². The summed E-state index contributed by atoms with van der Waals surface area (Å²) in [7, 11) is 0. The van der Waals surface area contributed by atoms with Gasteiger partial charge in [0.25, 0.3) is 0 Å². The molecule has 0 aliphatic rings. The molecule has 5 aromatic carbocycles. The van der Waals surface area contributed by atoms with Crippen LogP contribution in [0.3, 0.4) is 0 Å². The maximum absolute atomic E-state index is 5.71. The van der Waals surface area contributed by atoms with E-state index >= 15 is 0 Å². The zero-order valence-corrected chi connectivity index (χ0v) is 47.7. The van der Waals surface area contributed by atoms with Gasteiger partial charge in [-0.25, -0.2) is 9.98 Å². The van der Waals surface area contributed by atoms with Gasteiger partial charge in [0, 0.05) is 31.3 Å². The predicted molar refractivity (Wildman–Crippen MR) is 312 cm³/mol. The van der Waals surface area contributed by atoms with Crippen LogP contribution in [0.1, 0.15) is 121 Å². The van der Waals surface area contributed by atoms with Crippen LogP contribution in [0, 0.1) is 27.1 Å². The number of para-hydroxylation sites is 1. The van der Waals surface area contributed by atoms with E-state index in [1.807, 2.05) is 121 Å². The first kappa shape index (κ1) is 65.5. The van der Waals surface area contributed by atoms with Crippen LogP contribution in [0.4, 0.5) is 11.4 Å². The normalized spacial score (nSPS) is 11.2. The van der Waals surface area contributed by atoms with Crippen molar-refractivity contribution in [3.05, 3.63) is 138 Å². The average Bonchev–Trinajstić information content (AvgIpc) is 3.31. The molecule has 0 saturated heterocycles. The molecule has 5 aromatic rings. The zero-order chi connectivity index (χ0) is 56.2. The van der Waals surface area contributed by atoms with E-state index in [4.69, 9.17) is 63.8 Å². The topological polar surface area (TPSA) is 253 Å². The van der Waals surface area contributed by atoms with Gasteiger partial charge in [-0.15, -0.1) is 0 Å². The highest BCUT2D eigenvalue weighted by atomic mass is 16.5. The lowest BCUT2D eigenvalue weighted by atomic mass is 9.98. The number of rotatable bonds is 15. The molecule has 0 saturated carbocycles. The highest BCUT2D eigenvalue weighted by molar-refractivity contribution is 5.79. The number of aliphatic imine (C=N–C) groups is 2. The summed E-state index contributed by atoms with van der Waals surface area (Å²) in [5.41, 5.74) is 43.4. The largest absolute Gasteiger partial charge is 0.493 e. The van der Waals surface area contributed by atoms with Gasteiger partial charge in [-0.1, -0.05) is 152 Å². The third kappa shape index (κ3) is 34.8. The van der Waals surface area contributed by atoms with Crippen molar-refractivity contribution in [3.8, 4) is 28.7 Å². The Balaban J connectivity index is 0.000000463. The summed E-state index contributed by atoms with van der Waals surface area (Å²) in [5, 5.41) is 0. The van der Waals surface area contributed by atoms with E-state index in [2.05, 4.69) is 114 Å². The van der Waals surface area contributed by atoms with Crippen LogP contribution >= 0.6 is 0 Å². The smallest absolute Gasteiger partial charge is 0.191 e. The quantitative estimate of drug-likeness (QED) is 0.0382. The van der Waals surface area contributed by atoms with Gasteiger partial charge in [-0.05, 0) is 105 Å². The molecule has 0 atom stereocenters. The Bertz CT molecular complexity index is 2360. The third-order valence-electron chi connectivity index (χ3n) is 9.00. The Morgan fingerprint density at radius 1 is 0.351 bits per heavy atom. The fraction of sp³-hybridized carbons (Fsp3) is 0.467. The number of nitrogens with two attached hydrogens (primary N) is 7. The maximum Gasteiger partial charge on any atom is 0.191 e. The number of guanidine groups is 2. The molecule has 0 heterocycles. The van der Waals surface area contributed by atoms with Crippen molar-refractivity contribution in [1.29, 1.82) is 0 Å². The molecule has 74 heavy (non-hydrogen) atoms. The van der Waals surface area contributed by atoms with Crippen molar-refractivity contribution in [2.45, 2.75) is 123 Å². The number of hydrogen-bond donors (Lipinski definition) is 7. The molecule has 0 aromatic heterocycles. The van der Waals surface area contributed by atoms with Crippen molar-refractivity contribution >= 4 is 23.3 Å². The predicted octanol–water partition coefficient (Wildman–Crippen LogP) is 11.7. The van der Waals surface area contributed by atoms with Gasteiger partial charge in [-0.3, -0.25) is 0 Å². The van der Waals surface area contributed by atoms with Gasteiger partial charge < -0.3 is 63.8 Å². The van der Waals surface area contributed by atoms with E-state index in [-0.39, 0.29) is 39.0 Å². The highest BCUT2D eigenvalue weighted by Crippen LogP contribution is 2.25. The number of ether oxygens (including phenoxy) is 5. The lowest BCUT2D eigenvalue weighted by Gasteiger charge is -2.20. The molecule has 14 N–H and O–H groups in total. The van der Waals surface area contributed by atoms with Gasteiger partial charge >= 0.3 is 0 Å². The summed E-state index contributed by atoms with van der Waals surface area (Å²) >= 11 is 0. The Morgan fingerprint density at radius 2 is 0.730 bits per heavy atom. The van der Waals surface area contributed by atoms with Gasteiger partial charge in [0.1, 0.15) is 28.7 Å². The first-order valence-corrected chi connectivity index (χ1v) is 25.2. The SMILES string of the molecule is CC(C)(C)COc1ccc(CN)cc1.CC(C)(C)COc1ccc(N=C(N)N)cc1.CC(C)(C)COc1cccc(CN)c1.CC(C)(C)COc1cccc(N=C(N)N)c1.CC(C)(C)COc1ccccc1CN. The van der Waals surface area contributed by atoms with Gasteiger partial charge in [-0.2, -0.15) is 0 Å². The van der Waals surface area contributed by atoms with Gasteiger partial charge in [0.15, 0.2) is 11.9 Å². The number of nitrogens with zero attached hydrogens (tertiary/aromatic N) is 2. The van der Waals surface area contributed by atoms with E-state index < -0.39 is 0 Å². The highest BCUT2D eigenvalue weighted by Gasteiger charge is 2.15. The Morgan fingerprint density at radius 3 is 1.15 bits per heavy atom. The van der Waals surface area contributed by atoms with Crippen molar-refractivity contribution in [1.82, 2.24) is 0 Å². The van der Waals surface area contributed by atoms with Crippen LogP contribution in [0.2, 0.25) is 0 Å².